The van der Waals surface area contributed by atoms with Crippen LogP contribution in [0.25, 0.3) is 0 Å². The predicted octanol–water partition coefficient (Wildman–Crippen LogP) is 1.58. The van der Waals surface area contributed by atoms with Gasteiger partial charge in [0.1, 0.15) is 6.61 Å². The third-order valence-electron chi connectivity index (χ3n) is 3.07. The molecule has 1 N–H and O–H groups in total. The molecule has 0 aromatic carbocycles. The zero-order valence-corrected chi connectivity index (χ0v) is 9.12. The Kier molecular flexibility index (Phi) is 3.06. The van der Waals surface area contributed by atoms with Crippen LogP contribution in [-0.4, -0.2) is 31.1 Å². The van der Waals surface area contributed by atoms with Crippen LogP contribution in [0.15, 0.2) is 4.99 Å². The summed E-state index contributed by atoms with van der Waals surface area (Å²) in [6.45, 7) is 6.30. The van der Waals surface area contributed by atoms with Gasteiger partial charge in [-0.15, -0.1) is 0 Å². The average molecular weight is 196 g/mol. The topological polar surface area (TPSA) is 33.6 Å². The first-order valence-electron chi connectivity index (χ1n) is 5.71. The van der Waals surface area contributed by atoms with Crippen molar-refractivity contribution in [3.8, 4) is 0 Å². The molecule has 0 amide bonds. The molecule has 2 heterocycles. The van der Waals surface area contributed by atoms with Gasteiger partial charge in [0.15, 0.2) is 0 Å². The minimum atomic E-state index is 0.383. The zero-order chi connectivity index (χ0) is 9.97. The number of ether oxygens (including phenoxy) is 1. The summed E-state index contributed by atoms with van der Waals surface area (Å²) >= 11 is 0. The molecule has 2 atom stereocenters. The normalized spacial score (nSPS) is 32.9. The van der Waals surface area contributed by atoms with Crippen LogP contribution < -0.4 is 5.32 Å². The molecule has 0 aromatic heterocycles. The molecule has 0 saturated carbocycles. The molecule has 2 aliphatic rings. The maximum Gasteiger partial charge on any atom is 0.201 e. The van der Waals surface area contributed by atoms with Crippen LogP contribution in [0.4, 0.5) is 0 Å². The van der Waals surface area contributed by atoms with Gasteiger partial charge < -0.3 is 10.1 Å². The number of hydrogen-bond acceptors (Lipinski definition) is 3. The van der Waals surface area contributed by atoms with Crippen LogP contribution in [-0.2, 0) is 4.74 Å². The minimum Gasteiger partial charge on any atom is -0.478 e. The molecule has 2 rings (SSSR count). The van der Waals surface area contributed by atoms with Crippen molar-refractivity contribution in [2.24, 2.45) is 10.9 Å². The Balaban J connectivity index is 1.94. The summed E-state index contributed by atoms with van der Waals surface area (Å²) in [6.07, 6.45) is 3.77. The van der Waals surface area contributed by atoms with Gasteiger partial charge in [-0.3, -0.25) is 0 Å². The zero-order valence-electron chi connectivity index (χ0n) is 9.12. The van der Waals surface area contributed by atoms with Gasteiger partial charge in [0.2, 0.25) is 5.90 Å². The van der Waals surface area contributed by atoms with E-state index in [0.29, 0.717) is 18.0 Å². The standard InChI is InChI=1S/C11H20N2O/c1-8(2)10-7-14-11(13-10)9-5-3-4-6-12-9/h8-10,12H,3-7H2,1-2H3. The summed E-state index contributed by atoms with van der Waals surface area (Å²) in [6, 6.07) is 0.779. The molecular weight excluding hydrogens is 176 g/mol. The second-order valence-electron chi connectivity index (χ2n) is 4.59. The van der Waals surface area contributed by atoms with Crippen molar-refractivity contribution < 1.29 is 4.74 Å². The van der Waals surface area contributed by atoms with Gasteiger partial charge in [0.05, 0.1) is 12.1 Å². The van der Waals surface area contributed by atoms with Crippen LogP contribution in [0.3, 0.4) is 0 Å². The number of hydrogen-bond donors (Lipinski definition) is 1. The molecule has 14 heavy (non-hydrogen) atoms. The van der Waals surface area contributed by atoms with Crippen LogP contribution >= 0.6 is 0 Å². The number of aliphatic imine (C=N–C) groups is 1. The highest BCUT2D eigenvalue weighted by Gasteiger charge is 2.28. The summed E-state index contributed by atoms with van der Waals surface area (Å²) < 4.78 is 5.65. The van der Waals surface area contributed by atoms with E-state index in [0.717, 1.165) is 19.0 Å². The Morgan fingerprint density at radius 3 is 2.86 bits per heavy atom. The van der Waals surface area contributed by atoms with Gasteiger partial charge in [-0.2, -0.15) is 0 Å². The van der Waals surface area contributed by atoms with Crippen molar-refractivity contribution in [2.45, 2.75) is 45.2 Å². The highest BCUT2D eigenvalue weighted by molar-refractivity contribution is 5.83. The van der Waals surface area contributed by atoms with Crippen LogP contribution in [0.2, 0.25) is 0 Å². The molecule has 0 aromatic rings. The Morgan fingerprint density at radius 1 is 1.43 bits per heavy atom. The van der Waals surface area contributed by atoms with E-state index in [1.807, 2.05) is 0 Å². The SMILES string of the molecule is CC(C)C1COC(C2CCCCN2)=N1. The number of rotatable bonds is 2. The molecule has 3 nitrogen and oxygen atoms in total. The van der Waals surface area contributed by atoms with Crippen LogP contribution in [0, 0.1) is 5.92 Å². The van der Waals surface area contributed by atoms with Gasteiger partial charge in [0, 0.05) is 0 Å². The van der Waals surface area contributed by atoms with Crippen molar-refractivity contribution >= 4 is 5.90 Å². The van der Waals surface area contributed by atoms with E-state index in [4.69, 9.17) is 4.74 Å². The van der Waals surface area contributed by atoms with Crippen molar-refractivity contribution in [3.63, 3.8) is 0 Å². The smallest absolute Gasteiger partial charge is 0.201 e. The van der Waals surface area contributed by atoms with E-state index in [1.165, 1.54) is 19.3 Å². The monoisotopic (exact) mass is 196 g/mol. The van der Waals surface area contributed by atoms with Gasteiger partial charge >= 0.3 is 0 Å². The highest BCUT2D eigenvalue weighted by atomic mass is 16.5. The van der Waals surface area contributed by atoms with E-state index in [2.05, 4.69) is 24.2 Å². The molecule has 2 aliphatic heterocycles. The van der Waals surface area contributed by atoms with Gasteiger partial charge in [0.25, 0.3) is 0 Å². The average Bonchev–Trinajstić information content (AvgIpc) is 2.68. The molecule has 0 spiro atoms. The summed E-state index contributed by atoms with van der Waals surface area (Å²) in [4.78, 5) is 4.64. The summed E-state index contributed by atoms with van der Waals surface area (Å²) in [5.41, 5.74) is 0. The maximum absolute atomic E-state index is 5.65. The lowest BCUT2D eigenvalue weighted by molar-refractivity contribution is 0.273. The summed E-state index contributed by atoms with van der Waals surface area (Å²) in [5.74, 6) is 1.56. The van der Waals surface area contributed by atoms with E-state index >= 15 is 0 Å². The van der Waals surface area contributed by atoms with Crippen molar-refractivity contribution in [3.05, 3.63) is 0 Å². The molecule has 0 radical (unpaired) electrons. The molecular formula is C11H20N2O. The molecule has 80 valence electrons. The fraction of sp³-hybridized carbons (Fsp3) is 0.909. The first-order chi connectivity index (χ1) is 6.77. The molecule has 2 unspecified atom stereocenters. The molecule has 3 heteroatoms. The lowest BCUT2D eigenvalue weighted by Gasteiger charge is -2.22. The van der Waals surface area contributed by atoms with Gasteiger partial charge in [-0.1, -0.05) is 20.3 Å². The van der Waals surface area contributed by atoms with Crippen molar-refractivity contribution in [1.82, 2.24) is 5.32 Å². The van der Waals surface area contributed by atoms with Crippen molar-refractivity contribution in [2.75, 3.05) is 13.2 Å². The number of nitrogens with zero attached hydrogens (tertiary/aromatic N) is 1. The van der Waals surface area contributed by atoms with E-state index in [9.17, 15) is 0 Å². The van der Waals surface area contributed by atoms with Crippen LogP contribution in [0.1, 0.15) is 33.1 Å². The Bertz CT molecular complexity index is 219. The third-order valence-corrected chi connectivity index (χ3v) is 3.07. The lowest BCUT2D eigenvalue weighted by Crippen LogP contribution is -2.40. The first-order valence-corrected chi connectivity index (χ1v) is 5.71. The molecule has 0 aliphatic carbocycles. The van der Waals surface area contributed by atoms with E-state index < -0.39 is 0 Å². The van der Waals surface area contributed by atoms with Gasteiger partial charge in [-0.05, 0) is 25.3 Å². The largest absolute Gasteiger partial charge is 0.478 e. The predicted molar refractivity (Wildman–Crippen MR) is 57.7 cm³/mol. The Morgan fingerprint density at radius 2 is 2.29 bits per heavy atom. The molecule has 1 fully saturated rings. The number of piperidine rings is 1. The Hall–Kier alpha value is -0.570. The summed E-state index contributed by atoms with van der Waals surface area (Å²) in [5, 5.41) is 3.46. The second kappa shape index (κ2) is 4.30. The minimum absolute atomic E-state index is 0.383. The van der Waals surface area contributed by atoms with E-state index in [-0.39, 0.29) is 0 Å². The highest BCUT2D eigenvalue weighted by Crippen LogP contribution is 2.18. The summed E-state index contributed by atoms with van der Waals surface area (Å²) in [7, 11) is 0. The quantitative estimate of drug-likeness (QED) is 0.727. The third kappa shape index (κ3) is 2.08. The maximum atomic E-state index is 5.65. The second-order valence-corrected chi connectivity index (χ2v) is 4.59. The first kappa shape index (κ1) is 9.97. The molecule has 0 bridgehead atoms. The Labute approximate surface area is 85.9 Å². The van der Waals surface area contributed by atoms with Crippen LogP contribution in [0.5, 0.6) is 0 Å². The van der Waals surface area contributed by atoms with Gasteiger partial charge in [-0.25, -0.2) is 4.99 Å². The van der Waals surface area contributed by atoms with E-state index in [1.54, 1.807) is 0 Å². The fourth-order valence-electron chi connectivity index (χ4n) is 2.00. The number of nitrogens with one attached hydrogen (secondary N) is 1. The van der Waals surface area contributed by atoms with Crippen molar-refractivity contribution in [1.29, 1.82) is 0 Å². The fourth-order valence-corrected chi connectivity index (χ4v) is 2.00. The molecule has 1 saturated heterocycles. The lowest BCUT2D eigenvalue weighted by atomic mass is 10.0.